The van der Waals surface area contributed by atoms with E-state index in [0.29, 0.717) is 23.2 Å². The maximum Gasteiger partial charge on any atom is 0.257 e. The zero-order chi connectivity index (χ0) is 21.1. The van der Waals surface area contributed by atoms with E-state index in [1.165, 1.54) is 36.3 Å². The van der Waals surface area contributed by atoms with Gasteiger partial charge in [-0.15, -0.1) is 11.3 Å². The van der Waals surface area contributed by atoms with E-state index in [1.54, 1.807) is 12.1 Å². The van der Waals surface area contributed by atoms with E-state index in [4.69, 9.17) is 10.00 Å². The van der Waals surface area contributed by atoms with E-state index in [1.807, 2.05) is 11.0 Å². The number of rotatable bonds is 6. The van der Waals surface area contributed by atoms with Crippen LogP contribution in [0.1, 0.15) is 52.7 Å². The topological polar surface area (TPSA) is 56.6 Å². The molecule has 5 nitrogen and oxygen atoms in total. The highest BCUT2D eigenvalue weighted by Gasteiger charge is 2.33. The minimum absolute atomic E-state index is 0.103. The largest absolute Gasteiger partial charge is 0.488 e. The van der Waals surface area contributed by atoms with Crippen LogP contribution in [0.5, 0.6) is 5.75 Å². The number of halogens is 1. The van der Waals surface area contributed by atoms with E-state index in [0.717, 1.165) is 30.8 Å². The van der Waals surface area contributed by atoms with Crippen LogP contribution in [0, 0.1) is 17.1 Å². The SMILES string of the molecule is C[C@H]1CCCN1CC1CCCN1C(=O)c1ccc(OCc2ccc(C#N)s2)cc1F. The molecule has 1 aromatic heterocycles. The van der Waals surface area contributed by atoms with Crippen LogP contribution in [0.2, 0.25) is 0 Å². The second-order valence-corrected chi connectivity index (χ2v) is 9.26. The fourth-order valence-corrected chi connectivity index (χ4v) is 5.13. The van der Waals surface area contributed by atoms with Crippen molar-refractivity contribution in [1.29, 1.82) is 5.26 Å². The van der Waals surface area contributed by atoms with Crippen molar-refractivity contribution in [1.82, 2.24) is 9.80 Å². The highest BCUT2D eigenvalue weighted by atomic mass is 32.1. The lowest BCUT2D eigenvalue weighted by Gasteiger charge is -2.31. The van der Waals surface area contributed by atoms with Gasteiger partial charge in [-0.05, 0) is 63.4 Å². The van der Waals surface area contributed by atoms with Crippen molar-refractivity contribution in [3.63, 3.8) is 0 Å². The molecular formula is C23H26FN3O2S. The van der Waals surface area contributed by atoms with Crippen LogP contribution >= 0.6 is 11.3 Å². The first-order valence-corrected chi connectivity index (χ1v) is 11.3. The molecule has 1 unspecified atom stereocenters. The third-order valence-electron chi connectivity index (χ3n) is 6.10. The monoisotopic (exact) mass is 427 g/mol. The molecule has 2 saturated heterocycles. The Balaban J connectivity index is 1.40. The lowest BCUT2D eigenvalue weighted by atomic mass is 10.1. The first kappa shape index (κ1) is 20.8. The molecule has 2 aliphatic rings. The molecule has 0 spiro atoms. The Bertz CT molecular complexity index is 954. The minimum Gasteiger partial charge on any atom is -0.488 e. The molecule has 0 N–H and O–H groups in total. The van der Waals surface area contributed by atoms with Gasteiger partial charge in [-0.25, -0.2) is 4.39 Å². The second kappa shape index (κ2) is 9.15. The van der Waals surface area contributed by atoms with Crippen molar-refractivity contribution in [2.45, 2.75) is 51.3 Å². The third kappa shape index (κ3) is 4.50. The summed E-state index contributed by atoms with van der Waals surface area (Å²) in [5, 5.41) is 8.89. The summed E-state index contributed by atoms with van der Waals surface area (Å²) < 4.78 is 20.4. The molecule has 0 aliphatic carbocycles. The van der Waals surface area contributed by atoms with Crippen molar-refractivity contribution in [3.8, 4) is 11.8 Å². The van der Waals surface area contributed by atoms with Crippen LogP contribution in [-0.4, -0.2) is 47.4 Å². The van der Waals surface area contributed by atoms with Crippen molar-refractivity contribution in [2.75, 3.05) is 19.6 Å². The molecule has 1 amide bonds. The van der Waals surface area contributed by atoms with Gasteiger partial charge >= 0.3 is 0 Å². The quantitative estimate of drug-likeness (QED) is 0.685. The van der Waals surface area contributed by atoms with Crippen molar-refractivity contribution < 1.29 is 13.9 Å². The number of benzene rings is 1. The Morgan fingerprint density at radius 1 is 1.27 bits per heavy atom. The molecule has 2 atom stereocenters. The molecule has 0 radical (unpaired) electrons. The van der Waals surface area contributed by atoms with Gasteiger partial charge < -0.3 is 9.64 Å². The molecule has 7 heteroatoms. The van der Waals surface area contributed by atoms with E-state index in [2.05, 4.69) is 17.9 Å². The number of hydrogen-bond acceptors (Lipinski definition) is 5. The molecule has 3 heterocycles. The van der Waals surface area contributed by atoms with Crippen LogP contribution in [0.4, 0.5) is 4.39 Å². The minimum atomic E-state index is -0.554. The second-order valence-electron chi connectivity index (χ2n) is 8.09. The Labute approximate surface area is 180 Å². The fraction of sp³-hybridized carbons (Fsp3) is 0.478. The highest BCUT2D eigenvalue weighted by molar-refractivity contribution is 7.12. The van der Waals surface area contributed by atoms with Gasteiger partial charge in [0.25, 0.3) is 5.91 Å². The van der Waals surface area contributed by atoms with Crippen LogP contribution in [0.25, 0.3) is 0 Å². The van der Waals surface area contributed by atoms with E-state index in [9.17, 15) is 9.18 Å². The molecule has 0 saturated carbocycles. The number of amides is 1. The third-order valence-corrected chi connectivity index (χ3v) is 7.06. The summed E-state index contributed by atoms with van der Waals surface area (Å²) in [4.78, 5) is 18.9. The molecule has 2 fully saturated rings. The van der Waals surface area contributed by atoms with E-state index >= 15 is 0 Å². The van der Waals surface area contributed by atoms with Gasteiger partial charge in [0.1, 0.15) is 29.1 Å². The standard InChI is InChI=1S/C23H26FN3O2S/c1-16-4-2-10-26(16)14-17-5-3-11-27(17)23(28)21-9-6-18(12-22(21)24)29-15-20-8-7-19(13-25)30-20/h6-9,12,16-17H,2-5,10-11,14-15H2,1H3/t16-,17?/m0/s1. The normalized spacial score (nSPS) is 21.7. The molecule has 1 aromatic carbocycles. The number of likely N-dealkylation sites (tertiary alicyclic amines) is 2. The van der Waals surface area contributed by atoms with E-state index < -0.39 is 5.82 Å². The Morgan fingerprint density at radius 2 is 2.10 bits per heavy atom. The summed E-state index contributed by atoms with van der Waals surface area (Å²) in [5.74, 6) is -0.410. The predicted octanol–water partition coefficient (Wildman–Crippen LogP) is 4.43. The average molecular weight is 428 g/mol. The summed E-state index contributed by atoms with van der Waals surface area (Å²) in [6, 6.07) is 10.8. The fourth-order valence-electron chi connectivity index (χ4n) is 4.41. The van der Waals surface area contributed by atoms with Crippen LogP contribution in [0.3, 0.4) is 0 Å². The molecule has 2 aromatic rings. The summed E-state index contributed by atoms with van der Waals surface area (Å²) in [7, 11) is 0. The number of ether oxygens (including phenoxy) is 1. The molecule has 30 heavy (non-hydrogen) atoms. The zero-order valence-corrected chi connectivity index (χ0v) is 18.0. The van der Waals surface area contributed by atoms with Gasteiger partial charge in [0.15, 0.2) is 0 Å². The average Bonchev–Trinajstić information content (AvgIpc) is 3.48. The highest BCUT2D eigenvalue weighted by Crippen LogP contribution is 2.27. The number of thiophene rings is 1. The van der Waals surface area contributed by atoms with Crippen molar-refractivity contribution in [2.24, 2.45) is 0 Å². The number of nitriles is 1. The Kier molecular flexibility index (Phi) is 6.35. The van der Waals surface area contributed by atoms with Crippen molar-refractivity contribution >= 4 is 17.2 Å². The first-order chi connectivity index (χ1) is 14.5. The molecule has 2 aliphatic heterocycles. The lowest BCUT2D eigenvalue weighted by Crippen LogP contribution is -2.44. The Hall–Kier alpha value is -2.43. The molecule has 0 bridgehead atoms. The Morgan fingerprint density at radius 3 is 2.80 bits per heavy atom. The predicted molar refractivity (Wildman–Crippen MR) is 114 cm³/mol. The molecular weight excluding hydrogens is 401 g/mol. The summed E-state index contributed by atoms with van der Waals surface area (Å²) >= 11 is 1.35. The van der Waals surface area contributed by atoms with E-state index in [-0.39, 0.29) is 24.1 Å². The summed E-state index contributed by atoms with van der Waals surface area (Å²) in [6.07, 6.45) is 4.36. The lowest BCUT2D eigenvalue weighted by molar-refractivity contribution is 0.0692. The van der Waals surface area contributed by atoms with Gasteiger partial charge in [0, 0.05) is 36.1 Å². The number of carbonyl (C=O) groups excluding carboxylic acids is 1. The van der Waals surface area contributed by atoms with Gasteiger partial charge in [-0.1, -0.05) is 0 Å². The number of hydrogen-bond donors (Lipinski definition) is 0. The maximum absolute atomic E-state index is 14.8. The van der Waals surface area contributed by atoms with Gasteiger partial charge in [0.2, 0.25) is 0 Å². The number of nitrogens with zero attached hydrogens (tertiary/aromatic N) is 3. The zero-order valence-electron chi connectivity index (χ0n) is 17.1. The maximum atomic E-state index is 14.8. The van der Waals surface area contributed by atoms with Crippen LogP contribution < -0.4 is 4.74 Å². The van der Waals surface area contributed by atoms with Crippen molar-refractivity contribution in [3.05, 3.63) is 51.5 Å². The van der Waals surface area contributed by atoms with Crippen LogP contribution in [-0.2, 0) is 6.61 Å². The van der Waals surface area contributed by atoms with Gasteiger partial charge in [-0.2, -0.15) is 5.26 Å². The molecule has 4 rings (SSSR count). The molecule has 158 valence electrons. The smallest absolute Gasteiger partial charge is 0.257 e. The summed E-state index contributed by atoms with van der Waals surface area (Å²) in [6.45, 7) is 5.15. The van der Waals surface area contributed by atoms with Gasteiger partial charge in [0.05, 0.1) is 5.56 Å². The number of carbonyl (C=O) groups is 1. The van der Waals surface area contributed by atoms with Crippen LogP contribution in [0.15, 0.2) is 30.3 Å². The summed E-state index contributed by atoms with van der Waals surface area (Å²) in [5.41, 5.74) is 0.103. The van der Waals surface area contributed by atoms with Gasteiger partial charge in [-0.3, -0.25) is 9.69 Å². The first-order valence-electron chi connectivity index (χ1n) is 10.5.